The topological polar surface area (TPSA) is 92.0 Å². The van der Waals surface area contributed by atoms with E-state index < -0.39 is 0 Å². The lowest BCUT2D eigenvalue weighted by molar-refractivity contribution is -0.140. The Morgan fingerprint density at radius 3 is 2.54 bits per heavy atom. The van der Waals surface area contributed by atoms with Gasteiger partial charge in [0.05, 0.1) is 29.1 Å². The zero-order chi connectivity index (χ0) is 19.8. The third-order valence-electron chi connectivity index (χ3n) is 5.38. The number of nitrogens with zero attached hydrogens (tertiary/aromatic N) is 3. The molecule has 2 aliphatic carbocycles. The van der Waals surface area contributed by atoms with E-state index in [0.717, 1.165) is 11.4 Å². The fourth-order valence-corrected chi connectivity index (χ4v) is 4.87. The molecule has 7 nitrogen and oxygen atoms in total. The summed E-state index contributed by atoms with van der Waals surface area (Å²) in [6.45, 7) is 2.14. The standard InChI is InChI=1S/C20H18BrN3O4/c1-2-27-15-8-11(7-14(21)18(15)28-6-5-22)10-23-24-19(25)16-12-3-4-13(9-12)17(16)20(24)26/h3-4,7-8,10,12-13,16-17H,2,6,9H2,1H3. The maximum atomic E-state index is 12.7. The average molecular weight is 444 g/mol. The highest BCUT2D eigenvalue weighted by molar-refractivity contribution is 9.10. The first-order chi connectivity index (χ1) is 13.5. The number of nitriles is 1. The SMILES string of the molecule is CCOc1cc(C=NN2C(=O)C3C4C=CC(C4)C3C2=O)cc(Br)c1OCC#N. The fraction of sp³-hybridized carbons (Fsp3) is 0.400. The normalized spacial score (nSPS) is 27.5. The number of ether oxygens (including phenoxy) is 2. The molecule has 4 rings (SSSR count). The number of fused-ring (bicyclic) bond motifs is 5. The molecule has 0 radical (unpaired) electrons. The summed E-state index contributed by atoms with van der Waals surface area (Å²) in [6, 6.07) is 5.35. The minimum absolute atomic E-state index is 0.109. The van der Waals surface area contributed by atoms with Crippen LogP contribution in [0.25, 0.3) is 0 Å². The molecule has 28 heavy (non-hydrogen) atoms. The zero-order valence-corrected chi connectivity index (χ0v) is 16.8. The summed E-state index contributed by atoms with van der Waals surface area (Å²) in [6.07, 6.45) is 6.46. The lowest BCUT2D eigenvalue weighted by Gasteiger charge is -2.13. The van der Waals surface area contributed by atoms with Crippen molar-refractivity contribution < 1.29 is 19.1 Å². The van der Waals surface area contributed by atoms with Crippen molar-refractivity contribution in [3.05, 3.63) is 34.3 Å². The van der Waals surface area contributed by atoms with Crippen molar-refractivity contribution in [2.45, 2.75) is 13.3 Å². The van der Waals surface area contributed by atoms with Crippen LogP contribution in [0.15, 0.2) is 33.9 Å². The number of amides is 2. The quantitative estimate of drug-likeness (QED) is 0.382. The van der Waals surface area contributed by atoms with Gasteiger partial charge in [-0.05, 0) is 58.8 Å². The van der Waals surface area contributed by atoms with Gasteiger partial charge in [0.2, 0.25) is 0 Å². The van der Waals surface area contributed by atoms with Gasteiger partial charge in [-0.1, -0.05) is 12.2 Å². The summed E-state index contributed by atoms with van der Waals surface area (Å²) in [4.78, 5) is 25.4. The summed E-state index contributed by atoms with van der Waals surface area (Å²) >= 11 is 3.41. The summed E-state index contributed by atoms with van der Waals surface area (Å²) in [7, 11) is 0. The van der Waals surface area contributed by atoms with E-state index in [9.17, 15) is 9.59 Å². The number of carbonyl (C=O) groups is 2. The number of allylic oxidation sites excluding steroid dienone is 2. The van der Waals surface area contributed by atoms with Crippen molar-refractivity contribution in [2.75, 3.05) is 13.2 Å². The largest absolute Gasteiger partial charge is 0.490 e. The van der Waals surface area contributed by atoms with E-state index in [-0.39, 0.29) is 42.1 Å². The third kappa shape index (κ3) is 3.00. The van der Waals surface area contributed by atoms with Crippen molar-refractivity contribution in [3.8, 4) is 17.6 Å². The van der Waals surface area contributed by atoms with Gasteiger partial charge in [-0.2, -0.15) is 15.4 Å². The first-order valence-corrected chi connectivity index (χ1v) is 9.90. The van der Waals surface area contributed by atoms with Gasteiger partial charge in [0.15, 0.2) is 18.1 Å². The Kier molecular flexibility index (Phi) is 4.94. The summed E-state index contributed by atoms with van der Waals surface area (Å²) in [5, 5.41) is 13.9. The fourth-order valence-electron chi connectivity index (χ4n) is 4.29. The Bertz CT molecular complexity index is 906. The first kappa shape index (κ1) is 18.7. The maximum Gasteiger partial charge on any atom is 0.254 e. The molecule has 2 fully saturated rings. The van der Waals surface area contributed by atoms with Gasteiger partial charge in [-0.25, -0.2) is 0 Å². The van der Waals surface area contributed by atoms with E-state index in [0.29, 0.717) is 28.1 Å². The van der Waals surface area contributed by atoms with Crippen molar-refractivity contribution in [3.63, 3.8) is 0 Å². The number of carbonyl (C=O) groups excluding carboxylic acids is 2. The molecular formula is C20H18BrN3O4. The number of hydrazone groups is 1. The van der Waals surface area contributed by atoms with Crippen LogP contribution in [0.4, 0.5) is 0 Å². The molecule has 1 saturated carbocycles. The monoisotopic (exact) mass is 443 g/mol. The van der Waals surface area contributed by atoms with Gasteiger partial charge >= 0.3 is 0 Å². The lowest BCUT2D eigenvalue weighted by Crippen LogP contribution is -2.28. The number of hydrogen-bond donors (Lipinski definition) is 0. The minimum atomic E-state index is -0.271. The highest BCUT2D eigenvalue weighted by Crippen LogP contribution is 2.52. The lowest BCUT2D eigenvalue weighted by atomic mass is 9.85. The van der Waals surface area contributed by atoms with E-state index in [1.54, 1.807) is 12.1 Å². The molecule has 1 aromatic carbocycles. The van der Waals surface area contributed by atoms with Crippen molar-refractivity contribution in [1.29, 1.82) is 5.26 Å². The predicted octanol–water partition coefficient (Wildman–Crippen LogP) is 2.89. The average Bonchev–Trinajstić information content (AvgIpc) is 3.34. The Balaban J connectivity index is 1.57. The van der Waals surface area contributed by atoms with Crippen molar-refractivity contribution in [1.82, 2.24) is 5.01 Å². The van der Waals surface area contributed by atoms with Crippen molar-refractivity contribution >= 4 is 34.0 Å². The summed E-state index contributed by atoms with van der Waals surface area (Å²) in [5.41, 5.74) is 0.637. The molecule has 1 heterocycles. The summed E-state index contributed by atoms with van der Waals surface area (Å²) in [5.74, 6) is 0.197. The number of hydrogen-bond acceptors (Lipinski definition) is 6. The number of benzene rings is 1. The van der Waals surface area contributed by atoms with E-state index >= 15 is 0 Å². The molecule has 1 aliphatic heterocycles. The molecule has 2 amide bonds. The summed E-state index contributed by atoms with van der Waals surface area (Å²) < 4.78 is 11.6. The Morgan fingerprint density at radius 2 is 1.93 bits per heavy atom. The van der Waals surface area contributed by atoms with Gasteiger partial charge in [0.1, 0.15) is 6.07 Å². The smallest absolute Gasteiger partial charge is 0.254 e. The second-order valence-electron chi connectivity index (χ2n) is 6.94. The molecule has 8 heteroatoms. The van der Waals surface area contributed by atoms with Gasteiger partial charge in [-0.15, -0.1) is 0 Å². The maximum absolute atomic E-state index is 12.7. The van der Waals surface area contributed by atoms with Crippen LogP contribution in [-0.4, -0.2) is 36.3 Å². The highest BCUT2D eigenvalue weighted by atomic mass is 79.9. The van der Waals surface area contributed by atoms with Crippen LogP contribution >= 0.6 is 15.9 Å². The third-order valence-corrected chi connectivity index (χ3v) is 5.97. The van der Waals surface area contributed by atoms with Crippen molar-refractivity contribution in [2.24, 2.45) is 28.8 Å². The number of halogens is 1. The van der Waals surface area contributed by atoms with Gasteiger partial charge < -0.3 is 9.47 Å². The van der Waals surface area contributed by atoms with Crippen LogP contribution in [0, 0.1) is 35.0 Å². The molecule has 4 unspecified atom stereocenters. The molecule has 0 aromatic heterocycles. The Morgan fingerprint density at radius 1 is 1.25 bits per heavy atom. The minimum Gasteiger partial charge on any atom is -0.490 e. The van der Waals surface area contributed by atoms with E-state index in [2.05, 4.69) is 33.2 Å². The Labute approximate surface area is 170 Å². The Hall–Kier alpha value is -2.66. The molecular weight excluding hydrogens is 426 g/mol. The second kappa shape index (κ2) is 7.40. The van der Waals surface area contributed by atoms with Crippen LogP contribution in [0.5, 0.6) is 11.5 Å². The molecule has 0 spiro atoms. The van der Waals surface area contributed by atoms with Crippen LogP contribution in [0.1, 0.15) is 18.9 Å². The molecule has 0 N–H and O–H groups in total. The van der Waals surface area contributed by atoms with Gasteiger partial charge in [0.25, 0.3) is 11.8 Å². The molecule has 3 aliphatic rings. The predicted molar refractivity (Wildman–Crippen MR) is 104 cm³/mol. The molecule has 2 bridgehead atoms. The van der Waals surface area contributed by atoms with Gasteiger partial charge in [0, 0.05) is 0 Å². The van der Waals surface area contributed by atoms with Gasteiger partial charge in [-0.3, -0.25) is 9.59 Å². The van der Waals surface area contributed by atoms with E-state index in [1.165, 1.54) is 6.21 Å². The zero-order valence-electron chi connectivity index (χ0n) is 15.2. The molecule has 4 atom stereocenters. The van der Waals surface area contributed by atoms with E-state index in [1.807, 2.05) is 13.0 Å². The van der Waals surface area contributed by atoms with Crippen LogP contribution in [0.2, 0.25) is 0 Å². The molecule has 1 saturated heterocycles. The highest BCUT2D eigenvalue weighted by Gasteiger charge is 2.59. The van der Waals surface area contributed by atoms with E-state index in [4.69, 9.17) is 14.7 Å². The first-order valence-electron chi connectivity index (χ1n) is 9.11. The second-order valence-corrected chi connectivity index (χ2v) is 7.80. The number of rotatable bonds is 6. The number of imide groups is 1. The van der Waals surface area contributed by atoms with Crippen LogP contribution < -0.4 is 9.47 Å². The molecule has 144 valence electrons. The molecule has 1 aromatic rings. The van der Waals surface area contributed by atoms with Crippen LogP contribution in [0.3, 0.4) is 0 Å². The van der Waals surface area contributed by atoms with Crippen LogP contribution in [-0.2, 0) is 9.59 Å².